The Morgan fingerprint density at radius 1 is 1.19 bits per heavy atom. The molecule has 0 unspecified atom stereocenters. The fourth-order valence-corrected chi connectivity index (χ4v) is 3.35. The molecule has 1 fully saturated rings. The average molecular weight is 371 g/mol. The molecule has 27 heavy (non-hydrogen) atoms. The maximum absolute atomic E-state index is 14.6. The van der Waals surface area contributed by atoms with E-state index in [2.05, 4.69) is 15.6 Å². The Morgan fingerprint density at radius 3 is 2.33 bits per heavy atom. The second-order valence-electron chi connectivity index (χ2n) is 7.45. The van der Waals surface area contributed by atoms with E-state index in [9.17, 15) is 9.18 Å². The van der Waals surface area contributed by atoms with Gasteiger partial charge in [-0.25, -0.2) is 9.37 Å². The van der Waals surface area contributed by atoms with Gasteiger partial charge in [0.2, 0.25) is 0 Å². The lowest BCUT2D eigenvalue weighted by atomic mass is 10.1. The molecule has 0 spiro atoms. The Hall–Kier alpha value is -2.67. The number of hydrogen-bond donors (Lipinski definition) is 4. The maximum Gasteiger partial charge on any atom is 0.252 e. The Kier molecular flexibility index (Phi) is 5.32. The molecular formula is C20H26FN5O. The number of carbonyl (C=O) groups is 1. The number of aryl methyl sites for hydroxylation is 2. The number of benzene rings is 1. The van der Waals surface area contributed by atoms with E-state index in [-0.39, 0.29) is 29.3 Å². The van der Waals surface area contributed by atoms with E-state index in [1.165, 1.54) is 0 Å². The third-order valence-corrected chi connectivity index (χ3v) is 4.73. The average Bonchev–Trinajstić information content (AvgIpc) is 3.38. The van der Waals surface area contributed by atoms with Gasteiger partial charge in [0.1, 0.15) is 5.82 Å². The minimum absolute atomic E-state index is 0.000906. The summed E-state index contributed by atoms with van der Waals surface area (Å²) in [6.07, 6.45) is 2.13. The molecule has 0 aliphatic heterocycles. The van der Waals surface area contributed by atoms with Crippen LogP contribution in [-0.4, -0.2) is 23.0 Å². The van der Waals surface area contributed by atoms with E-state index < -0.39 is 11.7 Å². The topological polar surface area (TPSA) is 106 Å². The van der Waals surface area contributed by atoms with Crippen LogP contribution in [0.15, 0.2) is 24.3 Å². The van der Waals surface area contributed by atoms with E-state index >= 15 is 0 Å². The summed E-state index contributed by atoms with van der Waals surface area (Å²) in [7, 11) is 0. The lowest BCUT2D eigenvalue weighted by Crippen LogP contribution is -2.40. The van der Waals surface area contributed by atoms with Crippen LogP contribution in [0.1, 0.15) is 41.3 Å². The highest BCUT2D eigenvalue weighted by Gasteiger charge is 2.34. The molecule has 7 heteroatoms. The first kappa shape index (κ1) is 19.1. The number of anilines is 3. The third kappa shape index (κ3) is 4.54. The van der Waals surface area contributed by atoms with Crippen molar-refractivity contribution in [3.8, 4) is 0 Å². The zero-order chi connectivity index (χ0) is 19.7. The summed E-state index contributed by atoms with van der Waals surface area (Å²) in [6.45, 7) is 5.84. The number of rotatable bonds is 7. The number of halogens is 1. The zero-order valence-corrected chi connectivity index (χ0v) is 15.8. The molecule has 144 valence electrons. The van der Waals surface area contributed by atoms with Crippen LogP contribution in [0.25, 0.3) is 0 Å². The lowest BCUT2D eigenvalue weighted by molar-refractivity contribution is 0.100. The number of pyridine rings is 1. The molecule has 0 bridgehead atoms. The van der Waals surface area contributed by atoms with Crippen LogP contribution in [-0.2, 0) is 0 Å². The monoisotopic (exact) mass is 371 g/mol. The minimum atomic E-state index is -0.745. The quantitative estimate of drug-likeness (QED) is 0.598. The molecule has 1 aliphatic rings. The summed E-state index contributed by atoms with van der Waals surface area (Å²) in [5.74, 6) is -0.665. The zero-order valence-electron chi connectivity index (χ0n) is 15.8. The number of nitrogens with one attached hydrogen (secondary N) is 2. The van der Waals surface area contributed by atoms with Gasteiger partial charge in [-0.1, -0.05) is 6.07 Å². The van der Waals surface area contributed by atoms with Gasteiger partial charge in [0.25, 0.3) is 5.91 Å². The summed E-state index contributed by atoms with van der Waals surface area (Å²) < 4.78 is 14.6. The van der Waals surface area contributed by atoms with Crippen molar-refractivity contribution in [2.75, 3.05) is 10.6 Å². The maximum atomic E-state index is 14.6. The highest BCUT2D eigenvalue weighted by Crippen LogP contribution is 2.36. The molecule has 2 aromatic rings. The highest BCUT2D eigenvalue weighted by atomic mass is 19.1. The molecule has 1 saturated carbocycles. The predicted molar refractivity (Wildman–Crippen MR) is 106 cm³/mol. The number of nitrogens with zero attached hydrogens (tertiary/aromatic N) is 1. The van der Waals surface area contributed by atoms with Crippen molar-refractivity contribution in [2.24, 2.45) is 17.4 Å². The summed E-state index contributed by atoms with van der Waals surface area (Å²) in [6, 6.07) is 6.78. The van der Waals surface area contributed by atoms with Crippen LogP contribution < -0.4 is 22.1 Å². The number of primary amides is 1. The summed E-state index contributed by atoms with van der Waals surface area (Å²) >= 11 is 0. The Balaban J connectivity index is 1.96. The van der Waals surface area contributed by atoms with Gasteiger partial charge in [-0.2, -0.15) is 0 Å². The number of amides is 1. The fraction of sp³-hybridized carbons (Fsp3) is 0.400. The predicted octanol–water partition coefficient (Wildman–Crippen LogP) is 3.22. The Labute approximate surface area is 158 Å². The number of aromatic nitrogens is 1. The van der Waals surface area contributed by atoms with Gasteiger partial charge in [0, 0.05) is 17.8 Å². The van der Waals surface area contributed by atoms with Crippen molar-refractivity contribution in [1.29, 1.82) is 0 Å². The van der Waals surface area contributed by atoms with Crippen molar-refractivity contribution in [2.45, 2.75) is 45.7 Å². The van der Waals surface area contributed by atoms with E-state index in [0.717, 1.165) is 35.7 Å². The standard InChI is InChI=1S/C20H26FN5O/c1-10-6-11(2)8-14(7-10)24-19-15(18(23)27)9-16(21)20(26-19)25-17(12(3)22)13-4-5-13/h6-9,12-13,17H,4-5,22H2,1-3H3,(H2,23,27)(H2,24,25,26)/t12-,17-/m0/s1. The first-order valence-corrected chi connectivity index (χ1v) is 9.12. The third-order valence-electron chi connectivity index (χ3n) is 4.73. The van der Waals surface area contributed by atoms with Crippen molar-refractivity contribution in [3.63, 3.8) is 0 Å². The van der Waals surface area contributed by atoms with Crippen molar-refractivity contribution in [1.82, 2.24) is 4.98 Å². The SMILES string of the molecule is Cc1cc(C)cc(Nc2nc(N[C@H](C3CC3)[C@H](C)N)c(F)cc2C(N)=O)c1. The minimum Gasteiger partial charge on any atom is -0.365 e. The molecule has 6 N–H and O–H groups in total. The molecule has 1 aliphatic carbocycles. The largest absolute Gasteiger partial charge is 0.365 e. The molecule has 1 aromatic carbocycles. The van der Waals surface area contributed by atoms with Gasteiger partial charge in [-0.05, 0) is 68.9 Å². The van der Waals surface area contributed by atoms with Crippen LogP contribution in [0.2, 0.25) is 0 Å². The molecule has 0 saturated heterocycles. The number of hydrogen-bond acceptors (Lipinski definition) is 5. The van der Waals surface area contributed by atoms with E-state index in [1.807, 2.05) is 39.0 Å². The highest BCUT2D eigenvalue weighted by molar-refractivity contribution is 5.98. The number of carbonyl (C=O) groups excluding carboxylic acids is 1. The second kappa shape index (κ2) is 7.52. The van der Waals surface area contributed by atoms with Crippen molar-refractivity contribution >= 4 is 23.2 Å². The molecule has 2 atom stereocenters. The molecule has 1 amide bonds. The first-order valence-electron chi connectivity index (χ1n) is 9.12. The second-order valence-corrected chi connectivity index (χ2v) is 7.45. The van der Waals surface area contributed by atoms with Crippen LogP contribution in [0.5, 0.6) is 0 Å². The molecule has 6 nitrogen and oxygen atoms in total. The van der Waals surface area contributed by atoms with E-state index in [4.69, 9.17) is 11.5 Å². The first-order chi connectivity index (χ1) is 12.7. The van der Waals surface area contributed by atoms with Gasteiger partial charge in [-0.3, -0.25) is 4.79 Å². The van der Waals surface area contributed by atoms with Crippen LogP contribution in [0.3, 0.4) is 0 Å². The molecule has 1 aromatic heterocycles. The van der Waals surface area contributed by atoms with Gasteiger partial charge in [0.15, 0.2) is 11.6 Å². The Bertz CT molecular complexity index is 841. The van der Waals surface area contributed by atoms with Gasteiger partial charge < -0.3 is 22.1 Å². The van der Waals surface area contributed by atoms with Gasteiger partial charge in [0.05, 0.1) is 5.56 Å². The van der Waals surface area contributed by atoms with E-state index in [1.54, 1.807) is 0 Å². The van der Waals surface area contributed by atoms with Crippen LogP contribution >= 0.6 is 0 Å². The van der Waals surface area contributed by atoms with Crippen LogP contribution in [0, 0.1) is 25.6 Å². The van der Waals surface area contributed by atoms with Crippen molar-refractivity contribution < 1.29 is 9.18 Å². The molecule has 3 rings (SSSR count). The lowest BCUT2D eigenvalue weighted by Gasteiger charge is -2.23. The van der Waals surface area contributed by atoms with E-state index in [0.29, 0.717) is 5.92 Å². The Morgan fingerprint density at radius 2 is 1.81 bits per heavy atom. The smallest absolute Gasteiger partial charge is 0.252 e. The molecule has 0 radical (unpaired) electrons. The summed E-state index contributed by atoms with van der Waals surface area (Å²) in [4.78, 5) is 16.1. The van der Waals surface area contributed by atoms with Crippen LogP contribution in [0.4, 0.5) is 21.7 Å². The fourth-order valence-electron chi connectivity index (χ4n) is 3.35. The van der Waals surface area contributed by atoms with Gasteiger partial charge in [-0.15, -0.1) is 0 Å². The normalized spacial score (nSPS) is 15.9. The molecular weight excluding hydrogens is 345 g/mol. The van der Waals surface area contributed by atoms with Crippen molar-refractivity contribution in [3.05, 3.63) is 46.8 Å². The summed E-state index contributed by atoms with van der Waals surface area (Å²) in [5.41, 5.74) is 14.4. The molecule has 1 heterocycles. The number of nitrogens with two attached hydrogens (primary N) is 2. The summed E-state index contributed by atoms with van der Waals surface area (Å²) in [5, 5.41) is 6.22. The van der Waals surface area contributed by atoms with Gasteiger partial charge >= 0.3 is 0 Å².